The number of methoxy groups -OCH3 is 2. The van der Waals surface area contributed by atoms with Gasteiger partial charge in [0.2, 0.25) is 5.91 Å². The highest BCUT2D eigenvalue weighted by atomic mass is 32.2. The van der Waals surface area contributed by atoms with Gasteiger partial charge >= 0.3 is 0 Å². The molecule has 0 aliphatic carbocycles. The second-order valence-electron chi connectivity index (χ2n) is 6.99. The number of carbonyl (C=O) groups excluding carboxylic acids is 1. The number of anilines is 1. The molecule has 0 radical (unpaired) electrons. The monoisotopic (exact) mass is 450 g/mol. The minimum atomic E-state index is -4.04. The van der Waals surface area contributed by atoms with E-state index in [0.717, 1.165) is 4.31 Å². The number of nitrogens with one attached hydrogen (secondary N) is 1. The first kappa shape index (κ1) is 24.5. The number of hydrogen-bond acceptors (Lipinski definition) is 6. The van der Waals surface area contributed by atoms with Crippen LogP contribution in [0.4, 0.5) is 5.69 Å². The maximum absolute atomic E-state index is 13.4. The van der Waals surface area contributed by atoms with Crippen molar-refractivity contribution in [1.82, 2.24) is 5.32 Å². The molecule has 2 aromatic rings. The van der Waals surface area contributed by atoms with Gasteiger partial charge < -0.3 is 19.5 Å². The Bertz CT molecular complexity index is 948. The molecule has 0 saturated carbocycles. The quantitative estimate of drug-likeness (QED) is 0.500. The average Bonchev–Trinajstić information content (AvgIpc) is 2.77. The van der Waals surface area contributed by atoms with Crippen molar-refractivity contribution >= 4 is 21.6 Å². The minimum absolute atomic E-state index is 0.0676. The molecule has 0 aromatic heterocycles. The number of hydrogen-bond donors (Lipinski definition) is 1. The van der Waals surface area contributed by atoms with Gasteiger partial charge in [0.05, 0.1) is 30.9 Å². The first-order valence-electron chi connectivity index (χ1n) is 9.97. The van der Waals surface area contributed by atoms with Crippen molar-refractivity contribution in [3.63, 3.8) is 0 Å². The Balaban J connectivity index is 2.31. The Hall–Kier alpha value is -2.78. The molecule has 9 heteroatoms. The van der Waals surface area contributed by atoms with E-state index >= 15 is 0 Å². The molecule has 0 bridgehead atoms. The van der Waals surface area contributed by atoms with Gasteiger partial charge in [0.25, 0.3) is 10.0 Å². The zero-order valence-electron chi connectivity index (χ0n) is 18.3. The Morgan fingerprint density at radius 1 is 1.06 bits per heavy atom. The van der Waals surface area contributed by atoms with Crippen LogP contribution in [-0.2, 0) is 19.6 Å². The van der Waals surface area contributed by atoms with Gasteiger partial charge in [-0.1, -0.05) is 18.2 Å². The standard InChI is InChI=1S/C22H30N2O6S/c1-17(2)30-14-8-13-23-22(25)16-24(31(26,27)19-9-6-5-7-10-19)20-15-18(28-3)11-12-21(20)29-4/h5-7,9-12,15,17H,8,13-14,16H2,1-4H3,(H,23,25). The fourth-order valence-electron chi connectivity index (χ4n) is 2.82. The number of carbonyl (C=O) groups is 1. The van der Waals surface area contributed by atoms with E-state index in [-0.39, 0.29) is 16.7 Å². The molecule has 0 spiro atoms. The smallest absolute Gasteiger partial charge is 0.264 e. The summed E-state index contributed by atoms with van der Waals surface area (Å²) in [6.07, 6.45) is 0.736. The lowest BCUT2D eigenvalue weighted by Gasteiger charge is -2.26. The topological polar surface area (TPSA) is 94.2 Å². The molecule has 1 amide bonds. The van der Waals surface area contributed by atoms with Crippen LogP contribution in [0.3, 0.4) is 0 Å². The molecule has 8 nitrogen and oxygen atoms in total. The van der Waals surface area contributed by atoms with Crippen molar-refractivity contribution in [2.24, 2.45) is 0 Å². The summed E-state index contributed by atoms with van der Waals surface area (Å²) in [5, 5.41) is 2.75. The molecule has 0 aliphatic rings. The van der Waals surface area contributed by atoms with Crippen LogP contribution in [0.1, 0.15) is 20.3 Å². The van der Waals surface area contributed by atoms with Crippen molar-refractivity contribution in [3.05, 3.63) is 48.5 Å². The number of rotatable bonds is 12. The molecular formula is C22H30N2O6S. The first-order chi connectivity index (χ1) is 14.8. The maximum atomic E-state index is 13.4. The van der Waals surface area contributed by atoms with Gasteiger partial charge in [0.1, 0.15) is 18.0 Å². The van der Waals surface area contributed by atoms with Crippen LogP contribution in [0.15, 0.2) is 53.4 Å². The van der Waals surface area contributed by atoms with E-state index in [1.165, 1.54) is 32.4 Å². The summed E-state index contributed by atoms with van der Waals surface area (Å²) in [5.41, 5.74) is 0.212. The normalized spacial score (nSPS) is 11.3. The van der Waals surface area contributed by atoms with Crippen LogP contribution in [0.2, 0.25) is 0 Å². The third-order valence-corrected chi connectivity index (χ3v) is 6.14. The van der Waals surface area contributed by atoms with E-state index in [2.05, 4.69) is 5.32 Å². The highest BCUT2D eigenvalue weighted by Crippen LogP contribution is 2.35. The third kappa shape index (κ3) is 6.86. The molecule has 1 N–H and O–H groups in total. The van der Waals surface area contributed by atoms with Crippen LogP contribution in [0, 0.1) is 0 Å². The Labute approximate surface area is 184 Å². The highest BCUT2D eigenvalue weighted by Gasteiger charge is 2.29. The number of nitrogens with zero attached hydrogens (tertiary/aromatic N) is 1. The van der Waals surface area contributed by atoms with Crippen LogP contribution in [-0.4, -0.2) is 54.3 Å². The predicted molar refractivity (Wildman–Crippen MR) is 119 cm³/mol. The third-order valence-electron chi connectivity index (χ3n) is 4.37. The molecule has 0 unspecified atom stereocenters. The van der Waals surface area contributed by atoms with Crippen molar-refractivity contribution in [3.8, 4) is 11.5 Å². The van der Waals surface area contributed by atoms with E-state index in [0.29, 0.717) is 31.1 Å². The van der Waals surface area contributed by atoms with Gasteiger partial charge in [0.15, 0.2) is 0 Å². The lowest BCUT2D eigenvalue weighted by atomic mass is 10.2. The van der Waals surface area contributed by atoms with E-state index in [9.17, 15) is 13.2 Å². The van der Waals surface area contributed by atoms with Gasteiger partial charge in [-0.3, -0.25) is 9.10 Å². The summed E-state index contributed by atoms with van der Waals surface area (Å²) in [6, 6.07) is 12.7. The van der Waals surface area contributed by atoms with Gasteiger partial charge in [-0.15, -0.1) is 0 Å². The SMILES string of the molecule is COc1ccc(OC)c(N(CC(=O)NCCCOC(C)C)S(=O)(=O)c2ccccc2)c1. The average molecular weight is 451 g/mol. The number of sulfonamides is 1. The Morgan fingerprint density at radius 2 is 1.77 bits per heavy atom. The van der Waals surface area contributed by atoms with E-state index < -0.39 is 22.5 Å². The predicted octanol–water partition coefficient (Wildman–Crippen LogP) is 2.83. The summed E-state index contributed by atoms with van der Waals surface area (Å²) in [4.78, 5) is 12.7. The zero-order chi connectivity index (χ0) is 22.9. The molecule has 0 atom stereocenters. The van der Waals surface area contributed by atoms with Crippen molar-refractivity contribution < 1.29 is 27.4 Å². The lowest BCUT2D eigenvalue weighted by Crippen LogP contribution is -2.41. The molecule has 31 heavy (non-hydrogen) atoms. The molecule has 0 saturated heterocycles. The second kappa shape index (κ2) is 11.6. The van der Waals surface area contributed by atoms with Crippen molar-refractivity contribution in [1.29, 1.82) is 0 Å². The lowest BCUT2D eigenvalue weighted by molar-refractivity contribution is -0.119. The van der Waals surface area contributed by atoms with Gasteiger partial charge in [-0.05, 0) is 44.5 Å². The second-order valence-corrected chi connectivity index (χ2v) is 8.85. The van der Waals surface area contributed by atoms with Crippen LogP contribution in [0.5, 0.6) is 11.5 Å². The Morgan fingerprint density at radius 3 is 2.39 bits per heavy atom. The molecule has 2 rings (SSSR count). The number of ether oxygens (including phenoxy) is 3. The minimum Gasteiger partial charge on any atom is -0.497 e. The molecule has 0 fully saturated rings. The van der Waals surface area contributed by atoms with Gasteiger partial charge in [-0.2, -0.15) is 0 Å². The number of amides is 1. The zero-order valence-corrected chi connectivity index (χ0v) is 19.1. The fourth-order valence-corrected chi connectivity index (χ4v) is 4.26. The van der Waals surface area contributed by atoms with Crippen LogP contribution < -0.4 is 19.1 Å². The summed E-state index contributed by atoms with van der Waals surface area (Å²) < 4.78 is 43.9. The molecular weight excluding hydrogens is 420 g/mol. The molecule has 170 valence electrons. The summed E-state index contributed by atoms with van der Waals surface area (Å²) in [5.74, 6) is 0.308. The highest BCUT2D eigenvalue weighted by molar-refractivity contribution is 7.92. The summed E-state index contributed by atoms with van der Waals surface area (Å²) in [6.45, 7) is 4.35. The van der Waals surface area contributed by atoms with Gasteiger partial charge in [-0.25, -0.2) is 8.42 Å². The maximum Gasteiger partial charge on any atom is 0.264 e. The molecule has 0 heterocycles. The van der Waals surface area contributed by atoms with E-state index in [1.54, 1.807) is 30.3 Å². The van der Waals surface area contributed by atoms with E-state index in [4.69, 9.17) is 14.2 Å². The first-order valence-corrected chi connectivity index (χ1v) is 11.4. The molecule has 2 aromatic carbocycles. The Kier molecular flexibility index (Phi) is 9.14. The van der Waals surface area contributed by atoms with Crippen molar-refractivity contribution in [2.75, 3.05) is 38.2 Å². The van der Waals surface area contributed by atoms with Crippen LogP contribution in [0.25, 0.3) is 0 Å². The van der Waals surface area contributed by atoms with Crippen LogP contribution >= 0.6 is 0 Å². The summed E-state index contributed by atoms with van der Waals surface area (Å²) >= 11 is 0. The van der Waals surface area contributed by atoms with E-state index in [1.807, 2.05) is 13.8 Å². The molecule has 0 aliphatic heterocycles. The summed E-state index contributed by atoms with van der Waals surface area (Å²) in [7, 11) is -1.12. The largest absolute Gasteiger partial charge is 0.497 e. The number of benzene rings is 2. The van der Waals surface area contributed by atoms with Gasteiger partial charge in [0, 0.05) is 19.2 Å². The van der Waals surface area contributed by atoms with Crippen molar-refractivity contribution in [2.45, 2.75) is 31.3 Å². The fraction of sp³-hybridized carbons (Fsp3) is 0.409.